The molecule has 0 aliphatic carbocycles. The highest BCUT2D eigenvalue weighted by Crippen LogP contribution is 2.29. The highest BCUT2D eigenvalue weighted by molar-refractivity contribution is 7.99. The molecular formula is C13H23N3O2S. The van der Waals surface area contributed by atoms with E-state index in [1.807, 2.05) is 6.92 Å². The van der Waals surface area contributed by atoms with Crippen molar-refractivity contribution >= 4 is 17.7 Å². The Morgan fingerprint density at radius 3 is 2.53 bits per heavy atom. The van der Waals surface area contributed by atoms with Crippen molar-refractivity contribution in [2.75, 3.05) is 5.75 Å². The van der Waals surface area contributed by atoms with Crippen LogP contribution in [0.1, 0.15) is 40.4 Å². The minimum Gasteiger partial charge on any atom is -0.481 e. The van der Waals surface area contributed by atoms with E-state index < -0.39 is 5.97 Å². The third-order valence-corrected chi connectivity index (χ3v) is 4.32. The third-order valence-electron chi connectivity index (χ3n) is 3.37. The van der Waals surface area contributed by atoms with Crippen molar-refractivity contribution in [2.45, 2.75) is 52.7 Å². The van der Waals surface area contributed by atoms with Crippen LogP contribution in [0.2, 0.25) is 0 Å². The van der Waals surface area contributed by atoms with Gasteiger partial charge in [-0.15, -0.1) is 10.2 Å². The largest absolute Gasteiger partial charge is 0.481 e. The average Bonchev–Trinajstić information content (AvgIpc) is 2.67. The predicted octanol–water partition coefficient (Wildman–Crippen LogP) is 2.70. The van der Waals surface area contributed by atoms with Crippen LogP contribution >= 0.6 is 11.8 Å². The standard InChI is InChI=1S/C13H23N3O2S/c1-6-10-14-15-12(19-8-11(17)18)16(10)7-9(2)13(3,4)5/h9H,6-8H2,1-5H3,(H,17,18). The number of aryl methyl sites for hydroxylation is 1. The number of carboxylic acid groups (broad SMARTS) is 1. The van der Waals surface area contributed by atoms with Crippen LogP contribution in [-0.4, -0.2) is 31.6 Å². The summed E-state index contributed by atoms with van der Waals surface area (Å²) in [5.74, 6) is 0.564. The van der Waals surface area contributed by atoms with Crippen molar-refractivity contribution in [3.05, 3.63) is 5.82 Å². The zero-order chi connectivity index (χ0) is 14.6. The van der Waals surface area contributed by atoms with E-state index in [1.54, 1.807) is 0 Å². The summed E-state index contributed by atoms with van der Waals surface area (Å²) in [7, 11) is 0. The topological polar surface area (TPSA) is 68.0 Å². The van der Waals surface area contributed by atoms with Crippen molar-refractivity contribution in [1.29, 1.82) is 0 Å². The number of aliphatic carboxylic acids is 1. The van der Waals surface area contributed by atoms with Crippen LogP contribution in [0, 0.1) is 11.3 Å². The molecule has 19 heavy (non-hydrogen) atoms. The van der Waals surface area contributed by atoms with Crippen molar-refractivity contribution < 1.29 is 9.90 Å². The first-order valence-corrected chi connectivity index (χ1v) is 7.51. The lowest BCUT2D eigenvalue weighted by Crippen LogP contribution is -2.23. The number of carboxylic acids is 1. The molecule has 1 heterocycles. The van der Waals surface area contributed by atoms with Gasteiger partial charge in [-0.05, 0) is 11.3 Å². The second-order valence-electron chi connectivity index (χ2n) is 5.81. The Bertz CT molecular complexity index is 438. The van der Waals surface area contributed by atoms with Crippen LogP contribution in [0.4, 0.5) is 0 Å². The second-order valence-corrected chi connectivity index (χ2v) is 6.75. The lowest BCUT2D eigenvalue weighted by Gasteiger charge is -2.28. The van der Waals surface area contributed by atoms with Crippen LogP contribution in [0.25, 0.3) is 0 Å². The summed E-state index contributed by atoms with van der Waals surface area (Å²) in [4.78, 5) is 10.7. The molecule has 0 aromatic carbocycles. The smallest absolute Gasteiger partial charge is 0.313 e. The van der Waals surface area contributed by atoms with Gasteiger partial charge in [-0.2, -0.15) is 0 Å². The lowest BCUT2D eigenvalue weighted by atomic mass is 9.82. The normalized spacial score (nSPS) is 13.5. The van der Waals surface area contributed by atoms with Gasteiger partial charge in [0.1, 0.15) is 5.82 Å². The first-order chi connectivity index (χ1) is 8.75. The van der Waals surface area contributed by atoms with E-state index in [1.165, 1.54) is 11.8 Å². The number of carbonyl (C=O) groups is 1. The van der Waals surface area contributed by atoms with Gasteiger partial charge in [0, 0.05) is 13.0 Å². The maximum atomic E-state index is 10.7. The van der Waals surface area contributed by atoms with Crippen LogP contribution in [-0.2, 0) is 17.8 Å². The first kappa shape index (κ1) is 16.0. The van der Waals surface area contributed by atoms with Gasteiger partial charge in [0.25, 0.3) is 0 Å². The Kier molecular flexibility index (Phi) is 5.40. The Morgan fingerprint density at radius 2 is 2.05 bits per heavy atom. The SMILES string of the molecule is CCc1nnc(SCC(=O)O)n1CC(C)C(C)(C)C. The monoisotopic (exact) mass is 285 g/mol. The zero-order valence-corrected chi connectivity index (χ0v) is 13.1. The molecule has 0 radical (unpaired) electrons. The summed E-state index contributed by atoms with van der Waals surface area (Å²) in [5, 5.41) is 17.7. The fourth-order valence-electron chi connectivity index (χ4n) is 1.54. The van der Waals surface area contributed by atoms with Gasteiger partial charge in [-0.1, -0.05) is 46.4 Å². The molecule has 1 unspecified atom stereocenters. The maximum absolute atomic E-state index is 10.7. The van der Waals surface area contributed by atoms with Crippen LogP contribution in [0.5, 0.6) is 0 Å². The van der Waals surface area contributed by atoms with E-state index in [-0.39, 0.29) is 11.2 Å². The van der Waals surface area contributed by atoms with Gasteiger partial charge in [0.15, 0.2) is 5.16 Å². The van der Waals surface area contributed by atoms with Crippen LogP contribution < -0.4 is 0 Å². The quantitative estimate of drug-likeness (QED) is 0.814. The van der Waals surface area contributed by atoms with Crippen molar-refractivity contribution in [2.24, 2.45) is 11.3 Å². The minimum atomic E-state index is -0.832. The summed E-state index contributed by atoms with van der Waals surface area (Å²) in [6, 6.07) is 0. The van der Waals surface area contributed by atoms with Crippen LogP contribution in [0.3, 0.4) is 0 Å². The molecular weight excluding hydrogens is 262 g/mol. The Labute approximate surface area is 118 Å². The van der Waals surface area contributed by atoms with Gasteiger partial charge in [0.2, 0.25) is 0 Å². The number of aromatic nitrogens is 3. The molecule has 6 heteroatoms. The van der Waals surface area contributed by atoms with E-state index in [0.29, 0.717) is 11.1 Å². The van der Waals surface area contributed by atoms with Gasteiger partial charge in [-0.3, -0.25) is 4.79 Å². The van der Waals surface area contributed by atoms with E-state index >= 15 is 0 Å². The molecule has 0 aliphatic rings. The Hall–Kier alpha value is -1.04. The molecule has 0 saturated carbocycles. The summed E-state index contributed by atoms with van der Waals surface area (Å²) in [6.07, 6.45) is 0.803. The molecule has 5 nitrogen and oxygen atoms in total. The number of thioether (sulfide) groups is 1. The van der Waals surface area contributed by atoms with E-state index in [9.17, 15) is 4.79 Å². The van der Waals surface area contributed by atoms with E-state index in [0.717, 1.165) is 18.8 Å². The predicted molar refractivity (Wildman–Crippen MR) is 76.4 cm³/mol. The first-order valence-electron chi connectivity index (χ1n) is 6.52. The molecule has 1 N–H and O–H groups in total. The average molecular weight is 285 g/mol. The molecule has 0 aliphatic heterocycles. The van der Waals surface area contributed by atoms with Crippen molar-refractivity contribution in [3.63, 3.8) is 0 Å². The molecule has 0 fully saturated rings. The van der Waals surface area contributed by atoms with Crippen molar-refractivity contribution in [3.8, 4) is 0 Å². The number of rotatable bonds is 6. The summed E-state index contributed by atoms with van der Waals surface area (Å²) < 4.78 is 2.06. The summed E-state index contributed by atoms with van der Waals surface area (Å²) >= 11 is 1.23. The molecule has 0 spiro atoms. The van der Waals surface area contributed by atoms with Gasteiger partial charge >= 0.3 is 5.97 Å². The Morgan fingerprint density at radius 1 is 1.42 bits per heavy atom. The van der Waals surface area contributed by atoms with Gasteiger partial charge < -0.3 is 9.67 Å². The highest BCUT2D eigenvalue weighted by Gasteiger charge is 2.23. The molecule has 1 aromatic heterocycles. The number of nitrogens with zero attached hydrogens (tertiary/aromatic N) is 3. The summed E-state index contributed by atoms with van der Waals surface area (Å²) in [5.41, 5.74) is 0.198. The minimum absolute atomic E-state index is 0.0196. The maximum Gasteiger partial charge on any atom is 0.313 e. The lowest BCUT2D eigenvalue weighted by molar-refractivity contribution is -0.133. The van der Waals surface area contributed by atoms with E-state index in [4.69, 9.17) is 5.11 Å². The second kappa shape index (κ2) is 6.41. The molecule has 1 rings (SSSR count). The third kappa shape index (κ3) is 4.53. The molecule has 108 valence electrons. The summed E-state index contributed by atoms with van der Waals surface area (Å²) in [6.45, 7) is 11.7. The molecule has 1 aromatic rings. The molecule has 0 bridgehead atoms. The molecule has 0 amide bonds. The highest BCUT2D eigenvalue weighted by atomic mass is 32.2. The molecule has 1 atom stereocenters. The fourth-order valence-corrected chi connectivity index (χ4v) is 2.23. The molecule has 0 saturated heterocycles. The van der Waals surface area contributed by atoms with Gasteiger partial charge in [0.05, 0.1) is 5.75 Å². The zero-order valence-electron chi connectivity index (χ0n) is 12.3. The fraction of sp³-hybridized carbons (Fsp3) is 0.769. The van der Waals surface area contributed by atoms with E-state index in [2.05, 4.69) is 42.5 Å². The van der Waals surface area contributed by atoms with Crippen LogP contribution in [0.15, 0.2) is 5.16 Å². The number of hydrogen-bond donors (Lipinski definition) is 1. The number of hydrogen-bond acceptors (Lipinski definition) is 4. The van der Waals surface area contributed by atoms with Gasteiger partial charge in [-0.25, -0.2) is 0 Å². The Balaban J connectivity index is 2.90. The van der Waals surface area contributed by atoms with Crippen molar-refractivity contribution in [1.82, 2.24) is 14.8 Å².